The maximum Gasteiger partial charge on any atom is 0.0589 e. The van der Waals surface area contributed by atoms with Gasteiger partial charge in [-0.2, -0.15) is 11.8 Å². The summed E-state index contributed by atoms with van der Waals surface area (Å²) < 4.78 is 5.54. The first-order chi connectivity index (χ1) is 4.45. The molecule has 2 aliphatic heterocycles. The van der Waals surface area contributed by atoms with Crippen molar-refractivity contribution < 1.29 is 4.74 Å². The fraction of sp³-hybridized carbons (Fsp3) is 1.00. The lowest BCUT2D eigenvalue weighted by Gasteiger charge is -2.07. The molecule has 2 atom stereocenters. The summed E-state index contributed by atoms with van der Waals surface area (Å²) in [7, 11) is 0. The lowest BCUT2D eigenvalue weighted by molar-refractivity contribution is 0.103. The first-order valence-corrected chi connectivity index (χ1v) is 4.73. The third-order valence-corrected chi connectivity index (χ3v) is 3.39. The van der Waals surface area contributed by atoms with Gasteiger partial charge in [0.2, 0.25) is 0 Å². The van der Waals surface area contributed by atoms with Crippen LogP contribution in [0.3, 0.4) is 0 Å². The van der Waals surface area contributed by atoms with E-state index >= 15 is 0 Å². The average molecular weight is 144 g/mol. The minimum atomic E-state index is 0.630. The van der Waals surface area contributed by atoms with E-state index in [0.717, 1.165) is 11.9 Å². The highest BCUT2D eigenvalue weighted by molar-refractivity contribution is 7.99. The number of rotatable bonds is 0. The molecular formula is C7H12OS. The monoisotopic (exact) mass is 144 g/mol. The van der Waals surface area contributed by atoms with Gasteiger partial charge in [-0.05, 0) is 25.0 Å². The maximum atomic E-state index is 5.54. The number of hydrogen-bond acceptors (Lipinski definition) is 2. The molecule has 2 heterocycles. The van der Waals surface area contributed by atoms with Crippen LogP contribution in [0.1, 0.15) is 19.3 Å². The summed E-state index contributed by atoms with van der Waals surface area (Å²) in [6.45, 7) is 1.02. The molecule has 0 aromatic carbocycles. The van der Waals surface area contributed by atoms with Gasteiger partial charge in [0.1, 0.15) is 0 Å². The molecule has 9 heavy (non-hydrogen) atoms. The molecule has 2 fully saturated rings. The van der Waals surface area contributed by atoms with E-state index in [4.69, 9.17) is 4.74 Å². The van der Waals surface area contributed by atoms with Crippen LogP contribution in [-0.4, -0.2) is 23.7 Å². The summed E-state index contributed by atoms with van der Waals surface area (Å²) in [6.07, 6.45) is 4.63. The third-order valence-electron chi connectivity index (χ3n) is 2.07. The van der Waals surface area contributed by atoms with Crippen LogP contribution in [0.2, 0.25) is 0 Å². The van der Waals surface area contributed by atoms with Gasteiger partial charge < -0.3 is 4.74 Å². The number of thioether (sulfide) groups is 1. The summed E-state index contributed by atoms with van der Waals surface area (Å²) in [4.78, 5) is 0. The molecule has 2 bridgehead atoms. The first-order valence-electron chi connectivity index (χ1n) is 3.68. The van der Waals surface area contributed by atoms with Crippen molar-refractivity contribution in [1.29, 1.82) is 0 Å². The molecule has 0 aromatic rings. The normalized spacial score (nSPS) is 42.7. The van der Waals surface area contributed by atoms with Crippen molar-refractivity contribution in [2.24, 2.45) is 0 Å². The van der Waals surface area contributed by atoms with Gasteiger partial charge in [0, 0.05) is 5.25 Å². The maximum absolute atomic E-state index is 5.54. The van der Waals surface area contributed by atoms with Crippen molar-refractivity contribution in [3.05, 3.63) is 0 Å². The van der Waals surface area contributed by atoms with Gasteiger partial charge in [0.25, 0.3) is 0 Å². The molecule has 2 saturated heterocycles. The Morgan fingerprint density at radius 2 is 2.44 bits per heavy atom. The second kappa shape index (κ2) is 2.51. The number of fused-ring (bicyclic) bond motifs is 2. The SMILES string of the molecule is C1CSC2COC(C1)C2. The number of hydrogen-bond donors (Lipinski definition) is 0. The van der Waals surface area contributed by atoms with Crippen LogP contribution < -0.4 is 0 Å². The van der Waals surface area contributed by atoms with E-state index in [-0.39, 0.29) is 0 Å². The molecule has 2 heteroatoms. The molecule has 0 saturated carbocycles. The molecule has 0 amide bonds. The Hall–Kier alpha value is 0.310. The van der Waals surface area contributed by atoms with Crippen LogP contribution in [0.5, 0.6) is 0 Å². The van der Waals surface area contributed by atoms with Gasteiger partial charge in [-0.25, -0.2) is 0 Å². The second-order valence-corrected chi connectivity index (χ2v) is 4.23. The smallest absolute Gasteiger partial charge is 0.0589 e. The molecule has 2 aliphatic rings. The zero-order valence-electron chi connectivity index (χ0n) is 5.51. The Bertz CT molecular complexity index is 93.1. The molecule has 52 valence electrons. The predicted molar refractivity (Wildman–Crippen MR) is 39.8 cm³/mol. The average Bonchev–Trinajstić information content (AvgIpc) is 2.09. The highest BCUT2D eigenvalue weighted by atomic mass is 32.2. The Morgan fingerprint density at radius 1 is 1.44 bits per heavy atom. The summed E-state index contributed by atoms with van der Waals surface area (Å²) in [5.74, 6) is 1.37. The van der Waals surface area contributed by atoms with E-state index in [2.05, 4.69) is 11.8 Å². The van der Waals surface area contributed by atoms with Crippen LogP contribution in [0.25, 0.3) is 0 Å². The Morgan fingerprint density at radius 3 is 3.44 bits per heavy atom. The van der Waals surface area contributed by atoms with E-state index < -0.39 is 0 Å². The highest BCUT2D eigenvalue weighted by Crippen LogP contribution is 2.31. The van der Waals surface area contributed by atoms with E-state index in [1.165, 1.54) is 25.0 Å². The van der Waals surface area contributed by atoms with E-state index in [9.17, 15) is 0 Å². The Kier molecular flexibility index (Phi) is 1.68. The van der Waals surface area contributed by atoms with E-state index in [1.54, 1.807) is 0 Å². The molecule has 0 aromatic heterocycles. The number of ether oxygens (including phenoxy) is 1. The fourth-order valence-corrected chi connectivity index (χ4v) is 2.74. The molecular weight excluding hydrogens is 132 g/mol. The molecule has 2 rings (SSSR count). The highest BCUT2D eigenvalue weighted by Gasteiger charge is 2.27. The molecule has 0 aliphatic carbocycles. The van der Waals surface area contributed by atoms with Crippen LogP contribution in [0, 0.1) is 0 Å². The minimum absolute atomic E-state index is 0.630. The Labute approximate surface area is 60.2 Å². The van der Waals surface area contributed by atoms with Crippen molar-refractivity contribution in [3.63, 3.8) is 0 Å². The van der Waals surface area contributed by atoms with Gasteiger partial charge in [-0.3, -0.25) is 0 Å². The third kappa shape index (κ3) is 1.24. The largest absolute Gasteiger partial charge is 0.377 e. The molecule has 1 nitrogen and oxygen atoms in total. The molecule has 0 radical (unpaired) electrons. The minimum Gasteiger partial charge on any atom is -0.377 e. The van der Waals surface area contributed by atoms with Crippen LogP contribution in [0.4, 0.5) is 0 Å². The van der Waals surface area contributed by atoms with Gasteiger partial charge >= 0.3 is 0 Å². The fourth-order valence-electron chi connectivity index (χ4n) is 1.55. The zero-order chi connectivity index (χ0) is 6.10. The molecule has 0 spiro atoms. The van der Waals surface area contributed by atoms with E-state index in [0.29, 0.717) is 6.10 Å². The van der Waals surface area contributed by atoms with Gasteiger partial charge in [0.15, 0.2) is 0 Å². The lowest BCUT2D eigenvalue weighted by atomic mass is 10.1. The topological polar surface area (TPSA) is 9.23 Å². The molecule has 0 N–H and O–H groups in total. The quantitative estimate of drug-likeness (QED) is 0.511. The van der Waals surface area contributed by atoms with Crippen molar-refractivity contribution >= 4 is 11.8 Å². The second-order valence-electron chi connectivity index (χ2n) is 2.83. The van der Waals surface area contributed by atoms with Crippen molar-refractivity contribution in [2.45, 2.75) is 30.6 Å². The zero-order valence-corrected chi connectivity index (χ0v) is 6.32. The van der Waals surface area contributed by atoms with Crippen molar-refractivity contribution in [3.8, 4) is 0 Å². The van der Waals surface area contributed by atoms with Crippen LogP contribution >= 0.6 is 11.8 Å². The van der Waals surface area contributed by atoms with Gasteiger partial charge in [-0.15, -0.1) is 0 Å². The van der Waals surface area contributed by atoms with Crippen LogP contribution in [0.15, 0.2) is 0 Å². The van der Waals surface area contributed by atoms with Crippen LogP contribution in [-0.2, 0) is 4.74 Å². The summed E-state index contributed by atoms with van der Waals surface area (Å²) >= 11 is 2.10. The predicted octanol–water partition coefficient (Wildman–Crippen LogP) is 1.67. The van der Waals surface area contributed by atoms with Crippen molar-refractivity contribution in [1.82, 2.24) is 0 Å². The first kappa shape index (κ1) is 6.05. The molecule has 2 unspecified atom stereocenters. The summed E-state index contributed by atoms with van der Waals surface area (Å²) in [6, 6.07) is 0. The Balaban J connectivity index is 1.99. The lowest BCUT2D eigenvalue weighted by Crippen LogP contribution is -2.04. The summed E-state index contributed by atoms with van der Waals surface area (Å²) in [5, 5.41) is 0.845. The van der Waals surface area contributed by atoms with E-state index in [1.807, 2.05) is 0 Å². The van der Waals surface area contributed by atoms with Gasteiger partial charge in [0.05, 0.1) is 12.7 Å². The van der Waals surface area contributed by atoms with Gasteiger partial charge in [-0.1, -0.05) is 0 Å². The van der Waals surface area contributed by atoms with Crippen molar-refractivity contribution in [2.75, 3.05) is 12.4 Å². The summed E-state index contributed by atoms with van der Waals surface area (Å²) in [5.41, 5.74) is 0. The standard InChI is InChI=1S/C7H12OS/c1-2-6-4-7(5-8-6)9-3-1/h6-7H,1-5H2.